The van der Waals surface area contributed by atoms with Gasteiger partial charge < -0.3 is 9.09 Å². The molecule has 0 aliphatic rings. The maximum atomic E-state index is 12.6. The zero-order chi connectivity index (χ0) is 14.2. The van der Waals surface area contributed by atoms with Crippen molar-refractivity contribution in [2.45, 2.75) is 26.6 Å². The summed E-state index contributed by atoms with van der Waals surface area (Å²) in [7, 11) is 0. The van der Waals surface area contributed by atoms with E-state index in [1.165, 1.54) is 12.3 Å². The van der Waals surface area contributed by atoms with Crippen LogP contribution in [-0.2, 0) is 12.7 Å². The van der Waals surface area contributed by atoms with Crippen molar-refractivity contribution in [1.82, 2.24) is 9.72 Å². The number of hydrogen-bond donors (Lipinski definition) is 0. The molecule has 0 aromatic carbocycles. The number of hydrogen-bond acceptors (Lipinski definition) is 3. The Morgan fingerprint density at radius 3 is 2.58 bits per heavy atom. The summed E-state index contributed by atoms with van der Waals surface area (Å²) in [5.74, 6) is 0.488. The van der Waals surface area contributed by atoms with E-state index in [0.29, 0.717) is 17.0 Å². The van der Waals surface area contributed by atoms with Crippen LogP contribution >= 0.6 is 0 Å². The molecule has 0 aliphatic heterocycles. The maximum Gasteiger partial charge on any atom is 0.421 e. The number of rotatable bonds is 2. The van der Waals surface area contributed by atoms with Crippen LogP contribution in [0.15, 0.2) is 27.6 Å². The zero-order valence-electron chi connectivity index (χ0n) is 10.3. The largest absolute Gasteiger partial charge is 0.421 e. The van der Waals surface area contributed by atoms with Crippen LogP contribution in [-0.4, -0.2) is 9.72 Å². The van der Waals surface area contributed by atoms with Crippen molar-refractivity contribution in [2.75, 3.05) is 0 Å². The van der Waals surface area contributed by atoms with Crippen molar-refractivity contribution in [3.8, 4) is 0 Å². The Balaban J connectivity index is 2.46. The SMILES string of the molecule is Cc1noc(C)c1Cn1cccc(C(F)(F)F)c1=O. The Morgan fingerprint density at radius 2 is 2.05 bits per heavy atom. The predicted octanol–water partition coefficient (Wildman–Crippen LogP) is 2.52. The van der Waals surface area contributed by atoms with Gasteiger partial charge in [-0.1, -0.05) is 5.16 Å². The van der Waals surface area contributed by atoms with Gasteiger partial charge in [0.25, 0.3) is 5.56 Å². The van der Waals surface area contributed by atoms with Gasteiger partial charge in [-0.05, 0) is 26.0 Å². The Morgan fingerprint density at radius 1 is 1.37 bits per heavy atom. The van der Waals surface area contributed by atoms with Crippen LogP contribution in [0.1, 0.15) is 22.6 Å². The number of nitrogens with zero attached hydrogens (tertiary/aromatic N) is 2. The summed E-state index contributed by atoms with van der Waals surface area (Å²) in [5.41, 5.74) is -1.08. The predicted molar refractivity (Wildman–Crippen MR) is 60.8 cm³/mol. The van der Waals surface area contributed by atoms with Gasteiger partial charge in [0.15, 0.2) is 0 Å². The van der Waals surface area contributed by atoms with Crippen molar-refractivity contribution in [2.24, 2.45) is 0 Å². The smallest absolute Gasteiger partial charge is 0.361 e. The highest BCUT2D eigenvalue weighted by Gasteiger charge is 2.34. The van der Waals surface area contributed by atoms with Crippen LogP contribution in [0, 0.1) is 13.8 Å². The summed E-state index contributed by atoms with van der Waals surface area (Å²) in [5, 5.41) is 3.70. The zero-order valence-corrected chi connectivity index (χ0v) is 10.3. The first-order valence-electron chi connectivity index (χ1n) is 5.49. The van der Waals surface area contributed by atoms with Gasteiger partial charge in [-0.25, -0.2) is 0 Å². The summed E-state index contributed by atoms with van der Waals surface area (Å²) in [6.45, 7) is 3.32. The molecule has 0 fully saturated rings. The van der Waals surface area contributed by atoms with Crippen molar-refractivity contribution in [3.63, 3.8) is 0 Å². The van der Waals surface area contributed by atoms with Gasteiger partial charge in [-0.15, -0.1) is 0 Å². The van der Waals surface area contributed by atoms with E-state index in [4.69, 9.17) is 4.52 Å². The first-order valence-corrected chi connectivity index (χ1v) is 5.49. The molecule has 0 N–H and O–H groups in total. The van der Waals surface area contributed by atoms with E-state index in [0.717, 1.165) is 10.6 Å². The van der Waals surface area contributed by atoms with Gasteiger partial charge in [0.1, 0.15) is 11.3 Å². The molecule has 4 nitrogen and oxygen atoms in total. The molecular formula is C12H11F3N2O2. The number of aromatic nitrogens is 2. The first kappa shape index (κ1) is 13.4. The van der Waals surface area contributed by atoms with Gasteiger partial charge in [0, 0.05) is 11.8 Å². The van der Waals surface area contributed by atoms with E-state index in [9.17, 15) is 18.0 Å². The third-order valence-electron chi connectivity index (χ3n) is 2.84. The summed E-state index contributed by atoms with van der Waals surface area (Å²) in [4.78, 5) is 11.8. The Hall–Kier alpha value is -2.05. The van der Waals surface area contributed by atoms with E-state index >= 15 is 0 Å². The third-order valence-corrected chi connectivity index (χ3v) is 2.84. The number of pyridine rings is 1. The average Bonchev–Trinajstić information content (AvgIpc) is 2.61. The summed E-state index contributed by atoms with van der Waals surface area (Å²) >= 11 is 0. The second-order valence-corrected chi connectivity index (χ2v) is 4.16. The molecule has 2 rings (SSSR count). The van der Waals surface area contributed by atoms with Gasteiger partial charge in [0.05, 0.1) is 12.2 Å². The molecule has 2 aromatic rings. The fourth-order valence-electron chi connectivity index (χ4n) is 1.78. The van der Waals surface area contributed by atoms with Crippen molar-refractivity contribution < 1.29 is 17.7 Å². The Kier molecular flexibility index (Phi) is 3.21. The molecule has 0 radical (unpaired) electrons. The molecule has 2 aromatic heterocycles. The lowest BCUT2D eigenvalue weighted by Crippen LogP contribution is -2.28. The lowest BCUT2D eigenvalue weighted by atomic mass is 10.2. The monoisotopic (exact) mass is 272 g/mol. The fourth-order valence-corrected chi connectivity index (χ4v) is 1.78. The Labute approximate surface area is 106 Å². The minimum absolute atomic E-state index is 0.00389. The van der Waals surface area contributed by atoms with Crippen LogP contribution in [0.3, 0.4) is 0 Å². The molecule has 0 saturated carbocycles. The summed E-state index contributed by atoms with van der Waals surface area (Å²) in [6.07, 6.45) is -3.34. The van der Waals surface area contributed by atoms with E-state index in [-0.39, 0.29) is 6.54 Å². The summed E-state index contributed by atoms with van der Waals surface area (Å²) in [6, 6.07) is 1.97. The van der Waals surface area contributed by atoms with Gasteiger partial charge in [-0.2, -0.15) is 13.2 Å². The molecule has 0 spiro atoms. The second kappa shape index (κ2) is 4.56. The number of aryl methyl sites for hydroxylation is 2. The second-order valence-electron chi connectivity index (χ2n) is 4.16. The topological polar surface area (TPSA) is 48.0 Å². The van der Waals surface area contributed by atoms with Gasteiger partial charge in [0.2, 0.25) is 0 Å². The summed E-state index contributed by atoms with van der Waals surface area (Å²) < 4.78 is 43.8. The van der Waals surface area contributed by atoms with Crippen LogP contribution in [0.5, 0.6) is 0 Å². The molecule has 2 heterocycles. The quantitative estimate of drug-likeness (QED) is 0.844. The molecule has 0 aliphatic carbocycles. The molecule has 19 heavy (non-hydrogen) atoms. The van der Waals surface area contributed by atoms with E-state index in [1.807, 2.05) is 0 Å². The van der Waals surface area contributed by atoms with Crippen LogP contribution in [0.4, 0.5) is 13.2 Å². The number of halogens is 3. The molecule has 102 valence electrons. The minimum atomic E-state index is -4.65. The van der Waals surface area contributed by atoms with Crippen molar-refractivity contribution in [1.29, 1.82) is 0 Å². The van der Waals surface area contributed by atoms with Crippen molar-refractivity contribution >= 4 is 0 Å². The molecule has 0 bridgehead atoms. The van der Waals surface area contributed by atoms with Crippen LogP contribution < -0.4 is 5.56 Å². The molecular weight excluding hydrogens is 261 g/mol. The van der Waals surface area contributed by atoms with Crippen LogP contribution in [0.25, 0.3) is 0 Å². The molecule has 0 atom stereocenters. The third kappa shape index (κ3) is 2.54. The highest BCUT2D eigenvalue weighted by atomic mass is 19.4. The lowest BCUT2D eigenvalue weighted by molar-refractivity contribution is -0.138. The van der Waals surface area contributed by atoms with E-state index in [2.05, 4.69) is 5.16 Å². The number of alkyl halides is 3. The standard InChI is InChI=1S/C12H11F3N2O2/c1-7-9(8(2)19-16-7)6-17-5-3-4-10(11(17)18)12(13,14)15/h3-5H,6H2,1-2H3. The molecule has 0 saturated heterocycles. The fraction of sp³-hybridized carbons (Fsp3) is 0.333. The molecule has 0 amide bonds. The maximum absolute atomic E-state index is 12.6. The van der Waals surface area contributed by atoms with Gasteiger partial charge in [-0.3, -0.25) is 4.79 Å². The Bertz CT molecular complexity index is 636. The molecule has 0 unspecified atom stereocenters. The normalized spacial score (nSPS) is 11.8. The lowest BCUT2D eigenvalue weighted by Gasteiger charge is -2.10. The average molecular weight is 272 g/mol. The highest BCUT2D eigenvalue weighted by Crippen LogP contribution is 2.26. The minimum Gasteiger partial charge on any atom is -0.361 e. The molecule has 7 heteroatoms. The van der Waals surface area contributed by atoms with Gasteiger partial charge >= 0.3 is 6.18 Å². The first-order chi connectivity index (χ1) is 8.80. The highest BCUT2D eigenvalue weighted by molar-refractivity contribution is 5.22. The van der Waals surface area contributed by atoms with E-state index < -0.39 is 17.3 Å². The van der Waals surface area contributed by atoms with Crippen molar-refractivity contribution in [3.05, 3.63) is 51.3 Å². The van der Waals surface area contributed by atoms with Crippen LogP contribution in [0.2, 0.25) is 0 Å². The van der Waals surface area contributed by atoms with E-state index in [1.54, 1.807) is 13.8 Å².